The Balaban J connectivity index is 1.87. The van der Waals surface area contributed by atoms with Gasteiger partial charge in [0.05, 0.1) is 15.4 Å². The third kappa shape index (κ3) is 5.33. The van der Waals surface area contributed by atoms with Crippen LogP contribution >= 0.6 is 27.3 Å². The lowest BCUT2D eigenvalue weighted by molar-refractivity contribution is -0.148. The van der Waals surface area contributed by atoms with Gasteiger partial charge in [0.1, 0.15) is 0 Å². The number of hydrogen-bond donors (Lipinski definition) is 1. The molecule has 0 saturated carbocycles. The third-order valence-electron chi connectivity index (χ3n) is 2.92. The van der Waals surface area contributed by atoms with E-state index in [1.165, 1.54) is 24.3 Å². The second kappa shape index (κ2) is 8.43. The molecule has 1 N–H and O–H groups in total. The third-order valence-corrected chi connectivity index (χ3v) is 4.51. The topological polar surface area (TPSA) is 79.2 Å². The van der Waals surface area contributed by atoms with Crippen molar-refractivity contribution in [3.8, 4) is 6.07 Å². The van der Waals surface area contributed by atoms with Crippen LogP contribution in [0.2, 0.25) is 0 Å². The molecule has 0 aliphatic heterocycles. The SMILES string of the molecule is C[C@@H](OC(=O)/C=C/c1ccc(Br)s1)C(=O)Nc1ccc(C#N)cc1. The van der Waals surface area contributed by atoms with E-state index in [1.54, 1.807) is 30.3 Å². The predicted molar refractivity (Wildman–Crippen MR) is 96.4 cm³/mol. The van der Waals surface area contributed by atoms with Crippen LogP contribution in [0.15, 0.2) is 46.3 Å². The fraction of sp³-hybridized carbons (Fsp3) is 0.118. The smallest absolute Gasteiger partial charge is 0.331 e. The summed E-state index contributed by atoms with van der Waals surface area (Å²) in [6.45, 7) is 1.49. The second-order valence-corrected chi connectivity index (χ2v) is 7.23. The maximum absolute atomic E-state index is 12.0. The van der Waals surface area contributed by atoms with Crippen molar-refractivity contribution in [1.82, 2.24) is 0 Å². The molecule has 1 atom stereocenters. The van der Waals surface area contributed by atoms with Crippen molar-refractivity contribution in [2.45, 2.75) is 13.0 Å². The molecular formula is C17H13BrN2O3S. The monoisotopic (exact) mass is 404 g/mol. The summed E-state index contributed by atoms with van der Waals surface area (Å²) in [5.74, 6) is -1.04. The summed E-state index contributed by atoms with van der Waals surface area (Å²) in [6, 6.07) is 12.1. The van der Waals surface area contributed by atoms with E-state index in [1.807, 2.05) is 18.2 Å². The highest BCUT2D eigenvalue weighted by molar-refractivity contribution is 9.11. The quantitative estimate of drug-likeness (QED) is 0.603. The van der Waals surface area contributed by atoms with Crippen LogP contribution in [0.1, 0.15) is 17.4 Å². The molecule has 1 amide bonds. The molecule has 2 rings (SSSR count). The van der Waals surface area contributed by atoms with Crippen molar-refractivity contribution in [2.24, 2.45) is 0 Å². The summed E-state index contributed by atoms with van der Waals surface area (Å²) in [7, 11) is 0. The van der Waals surface area contributed by atoms with E-state index >= 15 is 0 Å². The maximum Gasteiger partial charge on any atom is 0.331 e. The zero-order chi connectivity index (χ0) is 17.5. The minimum absolute atomic E-state index is 0.444. The summed E-state index contributed by atoms with van der Waals surface area (Å²) >= 11 is 4.82. The van der Waals surface area contributed by atoms with E-state index in [0.29, 0.717) is 11.3 Å². The van der Waals surface area contributed by atoms with E-state index < -0.39 is 18.0 Å². The van der Waals surface area contributed by atoms with Gasteiger partial charge in [0, 0.05) is 16.6 Å². The Morgan fingerprint density at radius 3 is 2.58 bits per heavy atom. The number of esters is 1. The number of benzene rings is 1. The van der Waals surface area contributed by atoms with Gasteiger partial charge in [-0.2, -0.15) is 5.26 Å². The molecule has 0 saturated heterocycles. The van der Waals surface area contributed by atoms with Gasteiger partial charge in [-0.05, 0) is 65.3 Å². The highest BCUT2D eigenvalue weighted by Crippen LogP contribution is 2.23. The fourth-order valence-corrected chi connectivity index (χ4v) is 3.03. The van der Waals surface area contributed by atoms with Crippen LogP contribution < -0.4 is 5.32 Å². The number of nitrogens with zero attached hydrogens (tertiary/aromatic N) is 1. The minimum atomic E-state index is -0.937. The largest absolute Gasteiger partial charge is 0.449 e. The number of nitrogens with one attached hydrogen (secondary N) is 1. The average Bonchev–Trinajstić information content (AvgIpc) is 2.99. The van der Waals surface area contributed by atoms with E-state index in [4.69, 9.17) is 10.00 Å². The molecule has 0 aliphatic carbocycles. The zero-order valence-corrected chi connectivity index (χ0v) is 15.1. The molecule has 0 radical (unpaired) electrons. The van der Waals surface area contributed by atoms with Gasteiger partial charge in [-0.15, -0.1) is 11.3 Å². The summed E-state index contributed by atoms with van der Waals surface area (Å²) in [5, 5.41) is 11.4. The highest BCUT2D eigenvalue weighted by atomic mass is 79.9. The lowest BCUT2D eigenvalue weighted by Gasteiger charge is -2.12. The average molecular weight is 405 g/mol. The van der Waals surface area contributed by atoms with E-state index in [9.17, 15) is 9.59 Å². The molecule has 1 heterocycles. The Morgan fingerprint density at radius 2 is 2.00 bits per heavy atom. The number of anilines is 1. The molecule has 0 unspecified atom stereocenters. The second-order valence-electron chi connectivity index (χ2n) is 4.73. The molecule has 1 aromatic carbocycles. The zero-order valence-electron chi connectivity index (χ0n) is 12.7. The van der Waals surface area contributed by atoms with Crippen LogP contribution in [0.5, 0.6) is 0 Å². The van der Waals surface area contributed by atoms with E-state index in [2.05, 4.69) is 21.2 Å². The molecule has 122 valence electrons. The number of hydrogen-bond acceptors (Lipinski definition) is 5. The molecule has 0 bridgehead atoms. The standard InChI is InChI=1S/C17H13BrN2O3S/c1-11(17(22)20-13-4-2-12(10-19)3-5-13)23-16(21)9-7-14-6-8-15(18)24-14/h2-9,11H,1H3,(H,20,22)/b9-7+/t11-/m1/s1. The molecule has 5 nitrogen and oxygen atoms in total. The highest BCUT2D eigenvalue weighted by Gasteiger charge is 2.16. The number of carbonyl (C=O) groups is 2. The van der Waals surface area contributed by atoms with E-state index in [-0.39, 0.29) is 0 Å². The normalized spacial score (nSPS) is 11.7. The van der Waals surface area contributed by atoms with Gasteiger partial charge in [0.2, 0.25) is 0 Å². The first-order valence-corrected chi connectivity index (χ1v) is 8.54. The molecular weight excluding hydrogens is 392 g/mol. The maximum atomic E-state index is 12.0. The summed E-state index contributed by atoms with van der Waals surface area (Å²) in [6.07, 6.45) is 1.97. The van der Waals surface area contributed by atoms with Gasteiger partial charge in [-0.1, -0.05) is 0 Å². The first kappa shape index (κ1) is 17.9. The molecule has 0 aliphatic rings. The van der Waals surface area contributed by atoms with Crippen LogP contribution in [0.25, 0.3) is 6.08 Å². The molecule has 7 heteroatoms. The number of rotatable bonds is 5. The van der Waals surface area contributed by atoms with E-state index in [0.717, 1.165) is 8.66 Å². The lowest BCUT2D eigenvalue weighted by atomic mass is 10.2. The number of nitriles is 1. The Bertz CT molecular complexity index is 806. The number of carbonyl (C=O) groups excluding carboxylic acids is 2. The van der Waals surface area contributed by atoms with Crippen molar-refractivity contribution in [3.05, 3.63) is 56.7 Å². The van der Waals surface area contributed by atoms with Gasteiger partial charge >= 0.3 is 5.97 Å². The first-order chi connectivity index (χ1) is 11.5. The van der Waals surface area contributed by atoms with Crippen molar-refractivity contribution in [1.29, 1.82) is 5.26 Å². The van der Waals surface area contributed by atoms with Gasteiger partial charge in [0.25, 0.3) is 5.91 Å². The fourth-order valence-electron chi connectivity index (χ4n) is 1.71. The number of ether oxygens (including phenoxy) is 1. The summed E-state index contributed by atoms with van der Waals surface area (Å²) < 4.78 is 6.02. The van der Waals surface area contributed by atoms with Gasteiger partial charge in [0.15, 0.2) is 6.10 Å². The Morgan fingerprint density at radius 1 is 1.29 bits per heavy atom. The summed E-state index contributed by atoms with van der Waals surface area (Å²) in [4.78, 5) is 24.6. The van der Waals surface area contributed by atoms with Crippen LogP contribution in [0.4, 0.5) is 5.69 Å². The van der Waals surface area contributed by atoms with Gasteiger partial charge in [-0.25, -0.2) is 4.79 Å². The van der Waals surface area contributed by atoms with Crippen LogP contribution in [0, 0.1) is 11.3 Å². The number of halogens is 1. The molecule has 1 aromatic heterocycles. The molecule has 0 spiro atoms. The minimum Gasteiger partial charge on any atom is -0.449 e. The van der Waals surface area contributed by atoms with Crippen molar-refractivity contribution in [2.75, 3.05) is 5.32 Å². The molecule has 2 aromatic rings. The lowest BCUT2D eigenvalue weighted by Crippen LogP contribution is -2.29. The van der Waals surface area contributed by atoms with Crippen molar-refractivity contribution >= 4 is 50.9 Å². The Kier molecular flexibility index (Phi) is 6.29. The van der Waals surface area contributed by atoms with Crippen LogP contribution in [-0.2, 0) is 14.3 Å². The number of amides is 1. The van der Waals surface area contributed by atoms with Crippen LogP contribution in [0.3, 0.4) is 0 Å². The first-order valence-electron chi connectivity index (χ1n) is 6.93. The van der Waals surface area contributed by atoms with Crippen LogP contribution in [-0.4, -0.2) is 18.0 Å². The Labute approximate surface area is 151 Å². The van der Waals surface area contributed by atoms with Crippen molar-refractivity contribution < 1.29 is 14.3 Å². The predicted octanol–water partition coefficient (Wildman–Crippen LogP) is 3.97. The number of thiophene rings is 1. The molecule has 0 fully saturated rings. The van der Waals surface area contributed by atoms with Gasteiger partial charge in [-0.3, -0.25) is 4.79 Å². The Hall–Kier alpha value is -2.43. The van der Waals surface area contributed by atoms with Gasteiger partial charge < -0.3 is 10.1 Å². The summed E-state index contributed by atoms with van der Waals surface area (Å²) in [5.41, 5.74) is 1.03. The van der Waals surface area contributed by atoms with Crippen molar-refractivity contribution in [3.63, 3.8) is 0 Å². The molecule has 24 heavy (non-hydrogen) atoms.